The van der Waals surface area contributed by atoms with Gasteiger partial charge >= 0.3 is 0 Å². The summed E-state index contributed by atoms with van der Waals surface area (Å²) in [7, 11) is 0. The van der Waals surface area contributed by atoms with Crippen LogP contribution in [0.15, 0.2) is 58.2 Å². The number of benzene rings is 2. The van der Waals surface area contributed by atoms with Crippen molar-refractivity contribution >= 4 is 28.6 Å². The highest BCUT2D eigenvalue weighted by molar-refractivity contribution is 7.99. The molecule has 0 spiro atoms. The molecule has 0 bridgehead atoms. The van der Waals surface area contributed by atoms with Gasteiger partial charge in [0.15, 0.2) is 0 Å². The molecule has 0 aliphatic carbocycles. The van der Waals surface area contributed by atoms with Crippen molar-refractivity contribution in [3.63, 3.8) is 0 Å². The highest BCUT2D eigenvalue weighted by Crippen LogP contribution is 2.28. The lowest BCUT2D eigenvalue weighted by atomic mass is 10.1. The molecule has 4 aromatic rings. The number of H-pyrrole nitrogens is 1. The SMILES string of the molecule is Cc1[nH]c2ccc(-c3nnc(SCC(=O)NCCc4ccccc4)o3)cc2c1C. The Morgan fingerprint density at radius 3 is 2.79 bits per heavy atom. The Morgan fingerprint density at radius 1 is 1.14 bits per heavy atom. The zero-order chi connectivity index (χ0) is 20.2. The summed E-state index contributed by atoms with van der Waals surface area (Å²) in [4.78, 5) is 15.4. The van der Waals surface area contributed by atoms with Crippen LogP contribution in [-0.4, -0.2) is 33.4 Å². The van der Waals surface area contributed by atoms with Gasteiger partial charge in [0.05, 0.1) is 5.75 Å². The number of carbonyl (C=O) groups is 1. The van der Waals surface area contributed by atoms with Crippen LogP contribution in [0.1, 0.15) is 16.8 Å². The van der Waals surface area contributed by atoms with E-state index in [2.05, 4.69) is 46.5 Å². The summed E-state index contributed by atoms with van der Waals surface area (Å²) < 4.78 is 5.74. The maximum Gasteiger partial charge on any atom is 0.277 e. The minimum Gasteiger partial charge on any atom is -0.411 e. The molecule has 0 aliphatic rings. The van der Waals surface area contributed by atoms with Crippen LogP contribution in [0.2, 0.25) is 0 Å². The molecule has 6 nitrogen and oxygen atoms in total. The first-order valence-electron chi connectivity index (χ1n) is 9.46. The molecule has 0 saturated heterocycles. The summed E-state index contributed by atoms with van der Waals surface area (Å²) in [5.41, 5.74) is 5.52. The Balaban J connectivity index is 1.32. The molecular weight excluding hydrogens is 384 g/mol. The second-order valence-corrected chi connectivity index (χ2v) is 7.81. The van der Waals surface area contributed by atoms with Crippen molar-refractivity contribution in [2.24, 2.45) is 0 Å². The van der Waals surface area contributed by atoms with E-state index in [4.69, 9.17) is 4.42 Å². The predicted molar refractivity (Wildman–Crippen MR) is 115 cm³/mol. The van der Waals surface area contributed by atoms with E-state index in [1.807, 2.05) is 36.4 Å². The Labute approximate surface area is 173 Å². The number of hydrogen-bond donors (Lipinski definition) is 2. The minimum absolute atomic E-state index is 0.0504. The fourth-order valence-corrected chi connectivity index (χ4v) is 3.74. The van der Waals surface area contributed by atoms with Crippen molar-refractivity contribution in [3.05, 3.63) is 65.4 Å². The largest absolute Gasteiger partial charge is 0.411 e. The number of carbonyl (C=O) groups excluding carboxylic acids is 1. The van der Waals surface area contributed by atoms with E-state index < -0.39 is 0 Å². The van der Waals surface area contributed by atoms with Crippen LogP contribution in [0, 0.1) is 13.8 Å². The number of fused-ring (bicyclic) bond motifs is 1. The van der Waals surface area contributed by atoms with Crippen LogP contribution in [0.25, 0.3) is 22.4 Å². The van der Waals surface area contributed by atoms with Gasteiger partial charge in [0.2, 0.25) is 11.8 Å². The third-order valence-electron chi connectivity index (χ3n) is 4.87. The zero-order valence-corrected chi connectivity index (χ0v) is 17.2. The summed E-state index contributed by atoms with van der Waals surface area (Å²) in [5.74, 6) is 0.647. The van der Waals surface area contributed by atoms with Crippen LogP contribution in [-0.2, 0) is 11.2 Å². The molecule has 2 heterocycles. The molecule has 148 valence electrons. The Kier molecular flexibility index (Phi) is 5.67. The average Bonchev–Trinajstić information content (AvgIpc) is 3.32. The Hall–Kier alpha value is -3.06. The van der Waals surface area contributed by atoms with Gasteiger partial charge in [-0.05, 0) is 49.6 Å². The van der Waals surface area contributed by atoms with Crippen molar-refractivity contribution in [3.8, 4) is 11.5 Å². The Morgan fingerprint density at radius 2 is 1.97 bits per heavy atom. The molecule has 1 amide bonds. The van der Waals surface area contributed by atoms with Gasteiger partial charge in [-0.3, -0.25) is 4.79 Å². The molecule has 29 heavy (non-hydrogen) atoms. The van der Waals surface area contributed by atoms with E-state index in [0.29, 0.717) is 17.7 Å². The zero-order valence-electron chi connectivity index (χ0n) is 16.4. The number of thioether (sulfide) groups is 1. The molecular formula is C22H22N4O2S. The van der Waals surface area contributed by atoms with Crippen LogP contribution >= 0.6 is 11.8 Å². The van der Waals surface area contributed by atoms with E-state index in [0.717, 1.165) is 28.6 Å². The molecule has 0 radical (unpaired) electrons. The van der Waals surface area contributed by atoms with Gasteiger partial charge in [-0.15, -0.1) is 10.2 Å². The lowest BCUT2D eigenvalue weighted by Gasteiger charge is -2.04. The quantitative estimate of drug-likeness (QED) is 0.448. The number of rotatable bonds is 7. The van der Waals surface area contributed by atoms with Crippen LogP contribution in [0.4, 0.5) is 0 Å². The van der Waals surface area contributed by atoms with Crippen molar-refractivity contribution < 1.29 is 9.21 Å². The molecule has 7 heteroatoms. The molecule has 2 aromatic carbocycles. The first-order chi connectivity index (χ1) is 14.1. The molecule has 0 saturated carbocycles. The topological polar surface area (TPSA) is 83.8 Å². The number of amides is 1. The highest BCUT2D eigenvalue weighted by atomic mass is 32.2. The van der Waals surface area contributed by atoms with Crippen molar-refractivity contribution in [1.82, 2.24) is 20.5 Å². The maximum absolute atomic E-state index is 12.0. The van der Waals surface area contributed by atoms with Gasteiger partial charge in [0, 0.05) is 28.7 Å². The van der Waals surface area contributed by atoms with Gasteiger partial charge in [-0.1, -0.05) is 42.1 Å². The monoisotopic (exact) mass is 406 g/mol. The molecule has 2 aromatic heterocycles. The van der Waals surface area contributed by atoms with Crippen molar-refractivity contribution in [2.45, 2.75) is 25.5 Å². The van der Waals surface area contributed by atoms with Crippen molar-refractivity contribution in [1.29, 1.82) is 0 Å². The van der Waals surface area contributed by atoms with Gasteiger partial charge in [0.1, 0.15) is 0 Å². The molecule has 0 atom stereocenters. The summed E-state index contributed by atoms with van der Waals surface area (Å²) in [6.45, 7) is 4.75. The smallest absolute Gasteiger partial charge is 0.277 e. The number of hydrogen-bond acceptors (Lipinski definition) is 5. The minimum atomic E-state index is -0.0504. The second-order valence-electron chi connectivity index (χ2n) is 6.88. The van der Waals surface area contributed by atoms with E-state index in [1.54, 1.807) is 0 Å². The number of nitrogens with one attached hydrogen (secondary N) is 2. The number of nitrogens with zero attached hydrogens (tertiary/aromatic N) is 2. The van der Waals surface area contributed by atoms with Crippen molar-refractivity contribution in [2.75, 3.05) is 12.3 Å². The van der Waals surface area contributed by atoms with E-state index in [-0.39, 0.29) is 11.7 Å². The van der Waals surface area contributed by atoms with E-state index >= 15 is 0 Å². The molecule has 0 unspecified atom stereocenters. The maximum atomic E-state index is 12.0. The standard InChI is InChI=1S/C22H22N4O2S/c1-14-15(2)24-19-9-8-17(12-18(14)19)21-25-26-22(28-21)29-13-20(27)23-11-10-16-6-4-3-5-7-16/h3-9,12,24H,10-11,13H2,1-2H3,(H,23,27). The average molecular weight is 407 g/mol. The normalized spacial score (nSPS) is 11.1. The summed E-state index contributed by atoms with van der Waals surface area (Å²) in [6, 6.07) is 16.1. The predicted octanol–water partition coefficient (Wildman–Crippen LogP) is 4.29. The van der Waals surface area contributed by atoms with Gasteiger partial charge in [-0.25, -0.2) is 0 Å². The van der Waals surface area contributed by atoms with Crippen LogP contribution in [0.5, 0.6) is 0 Å². The number of aromatic nitrogens is 3. The fourth-order valence-electron chi connectivity index (χ4n) is 3.15. The third-order valence-corrected chi connectivity index (χ3v) is 5.69. The number of aryl methyl sites for hydroxylation is 2. The molecule has 0 aliphatic heterocycles. The lowest BCUT2D eigenvalue weighted by Crippen LogP contribution is -2.27. The van der Waals surface area contributed by atoms with E-state index in [1.165, 1.54) is 22.9 Å². The highest BCUT2D eigenvalue weighted by Gasteiger charge is 2.13. The van der Waals surface area contributed by atoms with Gasteiger partial charge in [0.25, 0.3) is 5.22 Å². The second kappa shape index (κ2) is 8.53. The molecule has 2 N–H and O–H groups in total. The summed E-state index contributed by atoms with van der Waals surface area (Å²) >= 11 is 1.24. The number of aromatic amines is 1. The summed E-state index contributed by atoms with van der Waals surface area (Å²) in [5, 5.41) is 12.6. The molecule has 0 fully saturated rings. The lowest BCUT2D eigenvalue weighted by molar-refractivity contribution is -0.118. The van der Waals surface area contributed by atoms with Gasteiger partial charge in [-0.2, -0.15) is 0 Å². The van der Waals surface area contributed by atoms with Crippen LogP contribution < -0.4 is 5.32 Å². The first-order valence-corrected chi connectivity index (χ1v) is 10.4. The summed E-state index contributed by atoms with van der Waals surface area (Å²) in [6.07, 6.45) is 0.808. The fraction of sp³-hybridized carbons (Fsp3) is 0.227. The first kappa shape index (κ1) is 19.3. The Bertz CT molecular complexity index is 1130. The van der Waals surface area contributed by atoms with Crippen LogP contribution in [0.3, 0.4) is 0 Å². The third kappa shape index (κ3) is 4.51. The molecule has 4 rings (SSSR count). The van der Waals surface area contributed by atoms with E-state index in [9.17, 15) is 4.79 Å². The van der Waals surface area contributed by atoms with Gasteiger partial charge < -0.3 is 14.7 Å².